The van der Waals surface area contributed by atoms with Gasteiger partial charge in [-0.3, -0.25) is 9.89 Å². The number of hydrogen-bond acceptors (Lipinski definition) is 3. The Morgan fingerprint density at radius 1 is 1.38 bits per heavy atom. The van der Waals surface area contributed by atoms with E-state index in [4.69, 9.17) is 4.74 Å². The molecule has 0 aromatic heterocycles. The summed E-state index contributed by atoms with van der Waals surface area (Å²) >= 11 is 0. The quantitative estimate of drug-likeness (QED) is 0.343. The van der Waals surface area contributed by atoms with Crippen molar-refractivity contribution in [1.82, 2.24) is 15.5 Å². The number of likely N-dealkylation sites (tertiary alicyclic amines) is 1. The summed E-state index contributed by atoms with van der Waals surface area (Å²) in [6.07, 6.45) is 3.30. The first-order valence-electron chi connectivity index (χ1n) is 9.06. The second kappa shape index (κ2) is 12.5. The molecule has 26 heavy (non-hydrogen) atoms. The van der Waals surface area contributed by atoms with Gasteiger partial charge < -0.3 is 15.4 Å². The Hall–Kier alpha value is -0.930. The zero-order chi connectivity index (χ0) is 18.1. The van der Waals surface area contributed by atoms with Crippen molar-refractivity contribution in [2.75, 3.05) is 46.9 Å². The van der Waals surface area contributed by atoms with Crippen LogP contribution in [-0.2, 0) is 11.2 Å². The van der Waals surface area contributed by atoms with Gasteiger partial charge in [-0.05, 0) is 56.0 Å². The van der Waals surface area contributed by atoms with Gasteiger partial charge in [0.05, 0.1) is 6.61 Å². The molecule has 0 aliphatic carbocycles. The van der Waals surface area contributed by atoms with Crippen LogP contribution in [0.4, 0.5) is 4.39 Å². The second-order valence-electron chi connectivity index (χ2n) is 6.53. The fourth-order valence-electron chi connectivity index (χ4n) is 3.32. The van der Waals surface area contributed by atoms with Gasteiger partial charge in [0, 0.05) is 39.8 Å². The molecule has 148 valence electrons. The van der Waals surface area contributed by atoms with E-state index in [0.29, 0.717) is 6.04 Å². The number of aryl methyl sites for hydroxylation is 1. The number of hydrogen-bond donors (Lipinski definition) is 2. The van der Waals surface area contributed by atoms with Crippen molar-refractivity contribution < 1.29 is 9.13 Å². The second-order valence-corrected chi connectivity index (χ2v) is 6.53. The van der Waals surface area contributed by atoms with Crippen molar-refractivity contribution in [1.29, 1.82) is 0 Å². The smallest absolute Gasteiger partial charge is 0.191 e. The maximum absolute atomic E-state index is 13.2. The van der Waals surface area contributed by atoms with Gasteiger partial charge in [0.15, 0.2) is 5.96 Å². The van der Waals surface area contributed by atoms with Crippen LogP contribution in [0.3, 0.4) is 0 Å². The number of nitrogens with zero attached hydrogens (tertiary/aromatic N) is 2. The van der Waals surface area contributed by atoms with Crippen molar-refractivity contribution in [3.8, 4) is 0 Å². The fourth-order valence-corrected chi connectivity index (χ4v) is 3.32. The van der Waals surface area contributed by atoms with Crippen LogP contribution >= 0.6 is 24.0 Å². The van der Waals surface area contributed by atoms with Crippen LogP contribution in [0, 0.1) is 12.7 Å². The summed E-state index contributed by atoms with van der Waals surface area (Å²) in [5, 5.41) is 6.77. The average Bonchev–Trinajstić information content (AvgIpc) is 3.05. The van der Waals surface area contributed by atoms with Gasteiger partial charge in [0.2, 0.25) is 0 Å². The molecule has 2 N–H and O–H groups in total. The van der Waals surface area contributed by atoms with Gasteiger partial charge in [0.25, 0.3) is 0 Å². The maximum Gasteiger partial charge on any atom is 0.191 e. The number of halogens is 2. The molecule has 0 amide bonds. The van der Waals surface area contributed by atoms with Crippen LogP contribution in [0.2, 0.25) is 0 Å². The predicted molar refractivity (Wildman–Crippen MR) is 116 cm³/mol. The molecule has 1 aromatic rings. The normalized spacial score (nSPS) is 17.8. The van der Waals surface area contributed by atoms with Crippen molar-refractivity contribution >= 4 is 29.9 Å². The first kappa shape index (κ1) is 23.1. The summed E-state index contributed by atoms with van der Waals surface area (Å²) in [6.45, 7) is 6.51. The molecule has 1 aromatic carbocycles. The summed E-state index contributed by atoms with van der Waals surface area (Å²) in [5.41, 5.74) is 2.15. The Labute approximate surface area is 173 Å². The lowest BCUT2D eigenvalue weighted by atomic mass is 10.1. The van der Waals surface area contributed by atoms with Crippen LogP contribution in [0.5, 0.6) is 0 Å². The molecule has 5 nitrogen and oxygen atoms in total. The summed E-state index contributed by atoms with van der Waals surface area (Å²) in [5.74, 6) is 0.639. The Balaban J connectivity index is 0.00000338. The lowest BCUT2D eigenvalue weighted by molar-refractivity contribution is 0.141. The van der Waals surface area contributed by atoms with E-state index in [1.54, 1.807) is 20.2 Å². The van der Waals surface area contributed by atoms with Crippen molar-refractivity contribution in [3.05, 3.63) is 35.1 Å². The van der Waals surface area contributed by atoms with E-state index in [9.17, 15) is 4.39 Å². The first-order valence-corrected chi connectivity index (χ1v) is 9.06. The minimum atomic E-state index is -0.179. The number of benzene rings is 1. The highest BCUT2D eigenvalue weighted by Gasteiger charge is 2.23. The van der Waals surface area contributed by atoms with Crippen LogP contribution < -0.4 is 10.6 Å². The average molecular weight is 478 g/mol. The van der Waals surface area contributed by atoms with Gasteiger partial charge >= 0.3 is 0 Å². The van der Waals surface area contributed by atoms with Gasteiger partial charge in [-0.25, -0.2) is 4.39 Å². The lowest BCUT2D eigenvalue weighted by Crippen LogP contribution is -2.45. The molecule has 1 atom stereocenters. The lowest BCUT2D eigenvalue weighted by Gasteiger charge is -2.25. The Kier molecular flexibility index (Phi) is 11.1. The van der Waals surface area contributed by atoms with Gasteiger partial charge in [0.1, 0.15) is 5.82 Å². The highest BCUT2D eigenvalue weighted by Crippen LogP contribution is 2.15. The molecule has 1 saturated heterocycles. The van der Waals surface area contributed by atoms with Crippen LogP contribution in [0.25, 0.3) is 0 Å². The number of rotatable bonds is 8. The number of guanidine groups is 1. The third-order valence-corrected chi connectivity index (χ3v) is 4.80. The van der Waals surface area contributed by atoms with E-state index in [2.05, 4.69) is 20.5 Å². The molecule has 1 aliphatic heterocycles. The van der Waals surface area contributed by atoms with E-state index in [0.717, 1.165) is 56.3 Å². The van der Waals surface area contributed by atoms with Crippen molar-refractivity contribution in [2.24, 2.45) is 4.99 Å². The predicted octanol–water partition coefficient (Wildman–Crippen LogP) is 2.57. The molecule has 1 fully saturated rings. The summed E-state index contributed by atoms with van der Waals surface area (Å²) in [7, 11) is 3.54. The largest absolute Gasteiger partial charge is 0.383 e. The zero-order valence-electron chi connectivity index (χ0n) is 16.1. The third kappa shape index (κ3) is 7.36. The summed E-state index contributed by atoms with van der Waals surface area (Å²) in [6, 6.07) is 5.49. The zero-order valence-corrected chi connectivity index (χ0v) is 18.4. The SMILES string of the molecule is CN=C(NCCc1ccc(F)cc1C)NCC1CCCN1CCOC.I. The molecule has 0 radical (unpaired) electrons. The van der Waals surface area contributed by atoms with E-state index in [-0.39, 0.29) is 29.8 Å². The standard InChI is InChI=1S/C19H31FN4O.HI/c1-15-13-17(20)7-6-16(15)8-9-22-19(21-2)23-14-18-5-4-10-24(18)11-12-25-3;/h6-7,13,18H,4-5,8-12,14H2,1-3H3,(H2,21,22,23);1H. The van der Waals surface area contributed by atoms with E-state index in [1.165, 1.54) is 18.9 Å². The first-order chi connectivity index (χ1) is 12.1. The molecular weight excluding hydrogens is 446 g/mol. The molecule has 0 bridgehead atoms. The minimum Gasteiger partial charge on any atom is -0.383 e. The van der Waals surface area contributed by atoms with E-state index < -0.39 is 0 Å². The minimum absolute atomic E-state index is 0. The molecule has 0 saturated carbocycles. The Morgan fingerprint density at radius 2 is 2.19 bits per heavy atom. The topological polar surface area (TPSA) is 48.9 Å². The van der Waals surface area contributed by atoms with E-state index in [1.807, 2.05) is 13.0 Å². The van der Waals surface area contributed by atoms with Gasteiger partial charge in [-0.2, -0.15) is 0 Å². The third-order valence-electron chi connectivity index (χ3n) is 4.80. The molecule has 1 unspecified atom stereocenters. The van der Waals surface area contributed by atoms with Crippen LogP contribution in [0.1, 0.15) is 24.0 Å². The highest BCUT2D eigenvalue weighted by molar-refractivity contribution is 14.0. The van der Waals surface area contributed by atoms with Gasteiger partial charge in [-0.15, -0.1) is 24.0 Å². The summed E-state index contributed by atoms with van der Waals surface area (Å²) in [4.78, 5) is 6.77. The fraction of sp³-hybridized carbons (Fsp3) is 0.632. The molecule has 1 heterocycles. The molecule has 2 rings (SSSR count). The molecule has 0 spiro atoms. The van der Waals surface area contributed by atoms with E-state index >= 15 is 0 Å². The monoisotopic (exact) mass is 478 g/mol. The number of methoxy groups -OCH3 is 1. The molecular formula is C19H32FIN4O. The molecule has 1 aliphatic rings. The Bertz CT molecular complexity index is 570. The molecule has 7 heteroatoms. The maximum atomic E-state index is 13.2. The van der Waals surface area contributed by atoms with Crippen molar-refractivity contribution in [2.45, 2.75) is 32.2 Å². The number of nitrogens with one attached hydrogen (secondary N) is 2. The Morgan fingerprint density at radius 3 is 2.88 bits per heavy atom. The summed E-state index contributed by atoms with van der Waals surface area (Å²) < 4.78 is 18.3. The van der Waals surface area contributed by atoms with Crippen LogP contribution in [-0.4, -0.2) is 63.8 Å². The highest BCUT2D eigenvalue weighted by atomic mass is 127. The van der Waals surface area contributed by atoms with Crippen molar-refractivity contribution in [3.63, 3.8) is 0 Å². The number of aliphatic imine (C=N–C) groups is 1. The van der Waals surface area contributed by atoms with Crippen LogP contribution in [0.15, 0.2) is 23.2 Å². The number of ether oxygens (including phenoxy) is 1. The van der Waals surface area contributed by atoms with Gasteiger partial charge in [-0.1, -0.05) is 6.07 Å².